The molecule has 0 aromatic heterocycles. The Kier molecular flexibility index (Phi) is 3.70. The van der Waals surface area contributed by atoms with E-state index >= 15 is 0 Å². The number of likely N-dealkylation sites (tertiary alicyclic amines) is 1. The smallest absolute Gasteiger partial charge is 0.326 e. The van der Waals surface area contributed by atoms with Gasteiger partial charge in [0.2, 0.25) is 0 Å². The number of hydrogen-bond donors (Lipinski definition) is 2. The molecule has 0 spiro atoms. The Labute approximate surface area is 126 Å². The Morgan fingerprint density at radius 2 is 2.14 bits per heavy atom. The van der Waals surface area contributed by atoms with Crippen LogP contribution in [0.3, 0.4) is 0 Å². The number of rotatable bonds is 2. The number of hydrogen-bond acceptors (Lipinski definition) is 4. The van der Waals surface area contributed by atoms with Crippen LogP contribution in [0, 0.1) is 0 Å². The van der Waals surface area contributed by atoms with Gasteiger partial charge in [-0.15, -0.1) is 0 Å². The molecule has 1 unspecified atom stereocenters. The zero-order valence-electron chi connectivity index (χ0n) is 11.9. The summed E-state index contributed by atoms with van der Waals surface area (Å²) in [6.07, 6.45) is 2.06. The maximum Gasteiger partial charge on any atom is 0.326 e. The average molecular weight is 304 g/mol. The normalized spacial score (nSPS) is 20.6. The largest absolute Gasteiger partial charge is 0.482 e. The van der Waals surface area contributed by atoms with Crippen LogP contribution in [0.1, 0.15) is 29.6 Å². The molecule has 0 aliphatic carbocycles. The molecule has 3 rings (SSSR count). The number of carboxylic acids is 1. The molecule has 7 heteroatoms. The van der Waals surface area contributed by atoms with Crippen molar-refractivity contribution >= 4 is 23.5 Å². The van der Waals surface area contributed by atoms with Gasteiger partial charge in [-0.05, 0) is 37.5 Å². The van der Waals surface area contributed by atoms with Crippen molar-refractivity contribution in [2.24, 2.45) is 0 Å². The fourth-order valence-corrected chi connectivity index (χ4v) is 2.81. The molecule has 1 fully saturated rings. The fraction of sp³-hybridized carbons (Fsp3) is 0.400. The molecule has 0 radical (unpaired) electrons. The van der Waals surface area contributed by atoms with E-state index in [2.05, 4.69) is 5.32 Å². The van der Waals surface area contributed by atoms with Gasteiger partial charge >= 0.3 is 5.97 Å². The number of nitrogens with one attached hydrogen (secondary N) is 1. The topological polar surface area (TPSA) is 95.9 Å². The van der Waals surface area contributed by atoms with Gasteiger partial charge in [0, 0.05) is 12.1 Å². The first-order valence-electron chi connectivity index (χ1n) is 7.17. The lowest BCUT2D eigenvalue weighted by molar-refractivity contribution is -0.143. The number of aliphatic carboxylic acids is 1. The summed E-state index contributed by atoms with van der Waals surface area (Å²) >= 11 is 0. The van der Waals surface area contributed by atoms with Crippen LogP contribution in [0.25, 0.3) is 0 Å². The summed E-state index contributed by atoms with van der Waals surface area (Å²) in [6, 6.07) is 3.94. The van der Waals surface area contributed by atoms with Crippen molar-refractivity contribution in [2.75, 3.05) is 18.5 Å². The second-order valence-corrected chi connectivity index (χ2v) is 5.40. The zero-order valence-corrected chi connectivity index (χ0v) is 11.9. The molecule has 22 heavy (non-hydrogen) atoms. The minimum atomic E-state index is -0.984. The number of carbonyl (C=O) groups excluding carboxylic acids is 2. The van der Waals surface area contributed by atoms with E-state index in [9.17, 15) is 19.5 Å². The van der Waals surface area contributed by atoms with Gasteiger partial charge in [-0.2, -0.15) is 0 Å². The number of anilines is 1. The third-order valence-corrected chi connectivity index (χ3v) is 3.91. The average Bonchev–Trinajstić information content (AvgIpc) is 2.53. The highest BCUT2D eigenvalue weighted by Crippen LogP contribution is 2.29. The first kappa shape index (κ1) is 14.4. The zero-order chi connectivity index (χ0) is 15.7. The molecule has 1 atom stereocenters. The van der Waals surface area contributed by atoms with Crippen molar-refractivity contribution < 1.29 is 24.2 Å². The minimum absolute atomic E-state index is 0.0481. The van der Waals surface area contributed by atoms with Gasteiger partial charge in [-0.1, -0.05) is 0 Å². The van der Waals surface area contributed by atoms with Crippen LogP contribution >= 0.6 is 0 Å². The Balaban J connectivity index is 1.86. The van der Waals surface area contributed by atoms with E-state index in [0.717, 1.165) is 12.8 Å². The molecule has 116 valence electrons. The van der Waals surface area contributed by atoms with E-state index in [1.54, 1.807) is 12.1 Å². The van der Waals surface area contributed by atoms with E-state index < -0.39 is 12.0 Å². The molecule has 2 amide bonds. The maximum absolute atomic E-state index is 12.6. The molecule has 1 saturated heterocycles. The van der Waals surface area contributed by atoms with Crippen molar-refractivity contribution in [1.82, 2.24) is 4.90 Å². The molecular formula is C15H16N2O5. The van der Waals surface area contributed by atoms with Crippen LogP contribution in [-0.4, -0.2) is 47.0 Å². The molecule has 7 nitrogen and oxygen atoms in total. The number of piperidine rings is 1. The predicted molar refractivity (Wildman–Crippen MR) is 76.9 cm³/mol. The molecule has 2 aliphatic heterocycles. The highest BCUT2D eigenvalue weighted by atomic mass is 16.5. The summed E-state index contributed by atoms with van der Waals surface area (Å²) in [7, 11) is 0. The summed E-state index contributed by atoms with van der Waals surface area (Å²) in [5.74, 6) is -1.10. The van der Waals surface area contributed by atoms with Gasteiger partial charge in [-0.3, -0.25) is 9.59 Å². The van der Waals surface area contributed by atoms with Crippen LogP contribution in [-0.2, 0) is 9.59 Å². The number of carbonyl (C=O) groups is 3. The van der Waals surface area contributed by atoms with E-state index in [0.29, 0.717) is 30.0 Å². The summed E-state index contributed by atoms with van der Waals surface area (Å²) in [4.78, 5) is 36.6. The quantitative estimate of drug-likeness (QED) is 0.853. The van der Waals surface area contributed by atoms with Crippen molar-refractivity contribution in [3.05, 3.63) is 23.8 Å². The van der Waals surface area contributed by atoms with E-state index in [-0.39, 0.29) is 18.4 Å². The van der Waals surface area contributed by atoms with Crippen LogP contribution in [0.4, 0.5) is 5.69 Å². The standard InChI is InChI=1S/C15H16N2O5/c18-13-8-22-12-5-4-9(7-10(12)16-13)14(19)17-6-2-1-3-11(17)15(20)21/h4-5,7,11H,1-3,6,8H2,(H,16,18)(H,20,21). The number of fused-ring (bicyclic) bond motifs is 1. The number of ether oxygens (including phenoxy) is 1. The minimum Gasteiger partial charge on any atom is -0.482 e. The van der Waals surface area contributed by atoms with Crippen molar-refractivity contribution in [2.45, 2.75) is 25.3 Å². The molecule has 2 aliphatic rings. The summed E-state index contributed by atoms with van der Waals surface area (Å²) in [6.45, 7) is 0.378. The van der Waals surface area contributed by atoms with Gasteiger partial charge in [0.25, 0.3) is 11.8 Å². The third-order valence-electron chi connectivity index (χ3n) is 3.91. The fourth-order valence-electron chi connectivity index (χ4n) is 2.81. The van der Waals surface area contributed by atoms with Gasteiger partial charge < -0.3 is 20.1 Å². The highest BCUT2D eigenvalue weighted by molar-refractivity contribution is 6.01. The van der Waals surface area contributed by atoms with E-state index in [1.807, 2.05) is 0 Å². The second kappa shape index (κ2) is 5.67. The first-order chi connectivity index (χ1) is 10.6. The molecular weight excluding hydrogens is 288 g/mol. The van der Waals surface area contributed by atoms with Crippen LogP contribution < -0.4 is 10.1 Å². The van der Waals surface area contributed by atoms with Crippen molar-refractivity contribution in [3.8, 4) is 5.75 Å². The molecule has 2 N–H and O–H groups in total. The lowest BCUT2D eigenvalue weighted by atomic mass is 10.0. The molecule has 1 aromatic rings. The van der Waals surface area contributed by atoms with Crippen LogP contribution in [0.5, 0.6) is 5.75 Å². The Bertz CT molecular complexity index is 643. The Morgan fingerprint density at radius 3 is 2.91 bits per heavy atom. The summed E-state index contributed by atoms with van der Waals surface area (Å²) in [5.41, 5.74) is 0.781. The van der Waals surface area contributed by atoms with Crippen LogP contribution in [0.2, 0.25) is 0 Å². The maximum atomic E-state index is 12.6. The van der Waals surface area contributed by atoms with Gasteiger partial charge in [-0.25, -0.2) is 4.79 Å². The molecule has 1 aromatic carbocycles. The van der Waals surface area contributed by atoms with E-state index in [4.69, 9.17) is 4.74 Å². The third kappa shape index (κ3) is 2.61. The number of carboxylic acid groups (broad SMARTS) is 1. The molecule has 0 bridgehead atoms. The van der Waals surface area contributed by atoms with E-state index in [1.165, 1.54) is 11.0 Å². The first-order valence-corrected chi connectivity index (χ1v) is 7.17. The second-order valence-electron chi connectivity index (χ2n) is 5.40. The summed E-state index contributed by atoms with van der Waals surface area (Å²) < 4.78 is 5.24. The van der Waals surface area contributed by atoms with Gasteiger partial charge in [0.1, 0.15) is 11.8 Å². The Morgan fingerprint density at radius 1 is 1.32 bits per heavy atom. The van der Waals surface area contributed by atoms with Crippen molar-refractivity contribution in [3.63, 3.8) is 0 Å². The highest BCUT2D eigenvalue weighted by Gasteiger charge is 2.32. The van der Waals surface area contributed by atoms with Crippen LogP contribution in [0.15, 0.2) is 18.2 Å². The molecule has 0 saturated carbocycles. The lowest BCUT2D eigenvalue weighted by Crippen LogP contribution is -2.48. The predicted octanol–water partition coefficient (Wildman–Crippen LogP) is 1.10. The number of amides is 2. The lowest BCUT2D eigenvalue weighted by Gasteiger charge is -2.33. The SMILES string of the molecule is O=C1COc2ccc(C(=O)N3CCCCC3C(=O)O)cc2N1. The van der Waals surface area contributed by atoms with Gasteiger partial charge in [0.15, 0.2) is 6.61 Å². The molecule has 2 heterocycles. The Hall–Kier alpha value is -2.57. The van der Waals surface area contributed by atoms with Gasteiger partial charge in [0.05, 0.1) is 5.69 Å². The monoisotopic (exact) mass is 304 g/mol. The number of nitrogens with zero attached hydrogens (tertiary/aromatic N) is 1. The number of benzene rings is 1. The summed E-state index contributed by atoms with van der Waals surface area (Å²) in [5, 5.41) is 11.9. The van der Waals surface area contributed by atoms with Crippen molar-refractivity contribution in [1.29, 1.82) is 0 Å².